The van der Waals surface area contributed by atoms with Gasteiger partial charge in [-0.2, -0.15) is 0 Å². The van der Waals surface area contributed by atoms with E-state index in [1.54, 1.807) is 0 Å². The molecular formula is C10H18N4O3S. The van der Waals surface area contributed by atoms with Crippen LogP contribution in [-0.4, -0.2) is 43.7 Å². The molecule has 7 nitrogen and oxygen atoms in total. The van der Waals surface area contributed by atoms with Gasteiger partial charge in [0.1, 0.15) is 0 Å². The first-order chi connectivity index (χ1) is 8.50. The van der Waals surface area contributed by atoms with Crippen molar-refractivity contribution < 1.29 is 12.8 Å². The average molecular weight is 274 g/mol. The van der Waals surface area contributed by atoms with E-state index >= 15 is 0 Å². The van der Waals surface area contributed by atoms with Crippen LogP contribution in [-0.2, 0) is 9.84 Å². The van der Waals surface area contributed by atoms with E-state index in [0.717, 1.165) is 0 Å². The Kier molecular flexibility index (Phi) is 3.86. The molecule has 0 aromatic carbocycles. The molecule has 2 N–H and O–H groups in total. The number of aromatic nitrogens is 2. The molecule has 2 unspecified atom stereocenters. The van der Waals surface area contributed by atoms with Gasteiger partial charge in [0.25, 0.3) is 0 Å². The molecular weight excluding hydrogens is 256 g/mol. The molecule has 0 saturated carbocycles. The molecule has 18 heavy (non-hydrogen) atoms. The van der Waals surface area contributed by atoms with Gasteiger partial charge in [-0.3, -0.25) is 0 Å². The van der Waals surface area contributed by atoms with Gasteiger partial charge in [-0.1, -0.05) is 5.10 Å². The second-order valence-corrected chi connectivity index (χ2v) is 6.83. The summed E-state index contributed by atoms with van der Waals surface area (Å²) in [4.78, 5) is 0. The summed E-state index contributed by atoms with van der Waals surface area (Å²) in [5, 5.41) is 13.8. The lowest BCUT2D eigenvalue weighted by Gasteiger charge is -2.07. The van der Waals surface area contributed by atoms with Crippen molar-refractivity contribution in [3.8, 4) is 0 Å². The smallest absolute Gasteiger partial charge is 0.315 e. The van der Waals surface area contributed by atoms with E-state index in [1.807, 2.05) is 14.0 Å². The molecule has 1 aromatic rings. The lowest BCUT2D eigenvalue weighted by molar-refractivity contribution is 0.439. The Morgan fingerprint density at radius 2 is 2.28 bits per heavy atom. The predicted molar refractivity (Wildman–Crippen MR) is 67.0 cm³/mol. The maximum atomic E-state index is 11.3. The van der Waals surface area contributed by atoms with Gasteiger partial charge in [0.2, 0.25) is 5.89 Å². The van der Waals surface area contributed by atoms with E-state index in [0.29, 0.717) is 24.9 Å². The van der Waals surface area contributed by atoms with Crippen molar-refractivity contribution in [3.05, 3.63) is 5.89 Å². The summed E-state index contributed by atoms with van der Waals surface area (Å²) in [6, 6.07) is 0.344. The summed E-state index contributed by atoms with van der Waals surface area (Å²) < 4.78 is 28.0. The minimum atomic E-state index is -2.83. The van der Waals surface area contributed by atoms with E-state index in [1.165, 1.54) is 0 Å². The largest absolute Gasteiger partial charge is 0.406 e. The first kappa shape index (κ1) is 13.3. The van der Waals surface area contributed by atoms with E-state index in [4.69, 9.17) is 4.42 Å². The molecule has 1 fully saturated rings. The summed E-state index contributed by atoms with van der Waals surface area (Å²) in [6.07, 6.45) is 0.698. The van der Waals surface area contributed by atoms with Crippen LogP contribution in [0.25, 0.3) is 0 Å². The van der Waals surface area contributed by atoms with Gasteiger partial charge in [0, 0.05) is 6.54 Å². The van der Waals surface area contributed by atoms with Gasteiger partial charge in [0.15, 0.2) is 9.84 Å². The first-order valence-corrected chi connectivity index (χ1v) is 7.77. The van der Waals surface area contributed by atoms with Crippen LogP contribution in [0.4, 0.5) is 6.01 Å². The number of anilines is 1. The molecule has 0 amide bonds. The van der Waals surface area contributed by atoms with Gasteiger partial charge in [0.05, 0.1) is 17.5 Å². The zero-order valence-corrected chi connectivity index (χ0v) is 11.3. The Hall–Kier alpha value is -1.15. The third kappa shape index (κ3) is 3.20. The second kappa shape index (κ2) is 5.23. The standard InChI is InChI=1S/C10H18N4O3S/c1-7(11-2)9-13-14-10(17-9)12-5-8-3-4-18(15,16)6-8/h7-8,11H,3-6H2,1-2H3,(H,12,14). The SMILES string of the molecule is CNC(C)c1nnc(NCC2CCS(=O)(=O)C2)o1. The molecule has 0 spiro atoms. The van der Waals surface area contributed by atoms with Crippen LogP contribution in [0, 0.1) is 5.92 Å². The van der Waals surface area contributed by atoms with E-state index < -0.39 is 9.84 Å². The summed E-state index contributed by atoms with van der Waals surface area (Å²) in [7, 11) is -1.02. The quantitative estimate of drug-likeness (QED) is 0.791. The number of sulfone groups is 1. The van der Waals surface area contributed by atoms with E-state index in [9.17, 15) is 8.42 Å². The van der Waals surface area contributed by atoms with Gasteiger partial charge < -0.3 is 15.1 Å². The molecule has 2 heterocycles. The summed E-state index contributed by atoms with van der Waals surface area (Å²) >= 11 is 0. The Morgan fingerprint density at radius 1 is 1.50 bits per heavy atom. The van der Waals surface area contributed by atoms with Gasteiger partial charge in [-0.15, -0.1) is 5.10 Å². The number of hydrogen-bond donors (Lipinski definition) is 2. The molecule has 1 aromatic heterocycles. The summed E-state index contributed by atoms with van der Waals surface area (Å²) in [5.74, 6) is 1.17. The van der Waals surface area contributed by atoms with E-state index in [-0.39, 0.29) is 23.5 Å². The van der Waals surface area contributed by atoms with Crippen LogP contribution < -0.4 is 10.6 Å². The number of hydrogen-bond acceptors (Lipinski definition) is 7. The average Bonchev–Trinajstić information content (AvgIpc) is 2.92. The van der Waals surface area contributed by atoms with Crippen molar-refractivity contribution in [1.29, 1.82) is 0 Å². The maximum Gasteiger partial charge on any atom is 0.315 e. The van der Waals surface area contributed by atoms with Crippen LogP contribution in [0.5, 0.6) is 0 Å². The Morgan fingerprint density at radius 3 is 2.89 bits per heavy atom. The molecule has 2 atom stereocenters. The highest BCUT2D eigenvalue weighted by Gasteiger charge is 2.27. The maximum absolute atomic E-state index is 11.3. The molecule has 0 aliphatic carbocycles. The molecule has 102 valence electrons. The number of nitrogens with zero attached hydrogens (tertiary/aromatic N) is 2. The lowest BCUT2D eigenvalue weighted by Crippen LogP contribution is -2.15. The molecule has 0 radical (unpaired) electrons. The predicted octanol–water partition coefficient (Wildman–Crippen LogP) is 0.197. The fourth-order valence-electron chi connectivity index (χ4n) is 1.87. The van der Waals surface area contributed by atoms with Crippen LogP contribution >= 0.6 is 0 Å². The normalized spacial score (nSPS) is 24.0. The third-order valence-electron chi connectivity index (χ3n) is 3.11. The monoisotopic (exact) mass is 274 g/mol. The molecule has 8 heteroatoms. The highest BCUT2D eigenvalue weighted by molar-refractivity contribution is 7.91. The van der Waals surface area contributed by atoms with Crippen molar-refractivity contribution in [3.63, 3.8) is 0 Å². The van der Waals surface area contributed by atoms with Crippen LogP contribution in [0.15, 0.2) is 4.42 Å². The highest BCUT2D eigenvalue weighted by Crippen LogP contribution is 2.19. The minimum Gasteiger partial charge on any atom is -0.406 e. The van der Waals surface area contributed by atoms with Crippen LogP contribution in [0.3, 0.4) is 0 Å². The number of nitrogens with one attached hydrogen (secondary N) is 2. The molecule has 1 saturated heterocycles. The summed E-state index contributed by atoms with van der Waals surface area (Å²) in [5.41, 5.74) is 0. The van der Waals surface area contributed by atoms with Gasteiger partial charge in [-0.05, 0) is 26.3 Å². The summed E-state index contributed by atoms with van der Waals surface area (Å²) in [6.45, 7) is 2.47. The van der Waals surface area contributed by atoms with Gasteiger partial charge in [-0.25, -0.2) is 8.42 Å². The van der Waals surface area contributed by atoms with Gasteiger partial charge >= 0.3 is 6.01 Å². The van der Waals surface area contributed by atoms with Crippen molar-refractivity contribution in [2.75, 3.05) is 30.4 Å². The lowest BCUT2D eigenvalue weighted by atomic mass is 10.1. The van der Waals surface area contributed by atoms with Crippen molar-refractivity contribution in [2.45, 2.75) is 19.4 Å². The molecule has 2 rings (SSSR count). The topological polar surface area (TPSA) is 97.1 Å². The fraction of sp³-hybridized carbons (Fsp3) is 0.800. The Bertz CT molecular complexity index is 499. The minimum absolute atomic E-state index is 0.0000849. The Balaban J connectivity index is 1.86. The Labute approximate surface area is 106 Å². The van der Waals surface area contributed by atoms with Crippen molar-refractivity contribution in [1.82, 2.24) is 15.5 Å². The van der Waals surface area contributed by atoms with Crippen LogP contribution in [0.2, 0.25) is 0 Å². The number of rotatable bonds is 5. The van der Waals surface area contributed by atoms with Crippen molar-refractivity contribution >= 4 is 15.9 Å². The first-order valence-electron chi connectivity index (χ1n) is 5.95. The second-order valence-electron chi connectivity index (χ2n) is 4.61. The molecule has 1 aliphatic rings. The zero-order valence-electron chi connectivity index (χ0n) is 10.5. The molecule has 1 aliphatic heterocycles. The van der Waals surface area contributed by atoms with Crippen LogP contribution in [0.1, 0.15) is 25.3 Å². The third-order valence-corrected chi connectivity index (χ3v) is 4.95. The van der Waals surface area contributed by atoms with Crippen molar-refractivity contribution in [2.24, 2.45) is 5.92 Å². The zero-order chi connectivity index (χ0) is 13.2. The fourth-order valence-corrected chi connectivity index (χ4v) is 3.73. The highest BCUT2D eigenvalue weighted by atomic mass is 32.2. The molecule has 0 bridgehead atoms. The van der Waals surface area contributed by atoms with E-state index in [2.05, 4.69) is 20.8 Å².